The molecule has 1 aromatic heterocycles. The summed E-state index contributed by atoms with van der Waals surface area (Å²) >= 11 is 0. The first-order valence-electron chi connectivity index (χ1n) is 7.34. The molecule has 0 saturated heterocycles. The maximum Gasteiger partial charge on any atom is 0.0473 e. The van der Waals surface area contributed by atoms with Crippen molar-refractivity contribution in [1.82, 2.24) is 9.88 Å². The molecule has 3 aromatic rings. The van der Waals surface area contributed by atoms with Gasteiger partial charge in [0, 0.05) is 31.5 Å². The van der Waals surface area contributed by atoms with Gasteiger partial charge in [0.25, 0.3) is 0 Å². The molecular weight excluding hydrogens is 256 g/mol. The van der Waals surface area contributed by atoms with Gasteiger partial charge in [0.15, 0.2) is 0 Å². The molecular formula is C19H20N2. The number of benzene rings is 2. The summed E-state index contributed by atoms with van der Waals surface area (Å²) in [6.07, 6.45) is 2.15. The Balaban J connectivity index is 1.58. The zero-order chi connectivity index (χ0) is 14.3. The molecule has 0 aliphatic heterocycles. The first-order chi connectivity index (χ1) is 10.4. The van der Waals surface area contributed by atoms with E-state index in [1.54, 1.807) is 0 Å². The van der Waals surface area contributed by atoms with Crippen molar-refractivity contribution in [2.24, 2.45) is 0 Å². The standard InChI is InChI=1S/C19H20N2/c1-3-8-17(9-4-1)14-20-15-19-12-7-13-21(19)16-18-10-5-2-6-11-18/h1-13,20H,14-16H2. The van der Waals surface area contributed by atoms with Crippen molar-refractivity contribution in [2.75, 3.05) is 0 Å². The fraction of sp³-hybridized carbons (Fsp3) is 0.158. The van der Waals surface area contributed by atoms with E-state index >= 15 is 0 Å². The number of aromatic nitrogens is 1. The van der Waals surface area contributed by atoms with Gasteiger partial charge in [-0.15, -0.1) is 0 Å². The Kier molecular flexibility index (Phi) is 4.49. The first-order valence-corrected chi connectivity index (χ1v) is 7.34. The molecule has 2 nitrogen and oxygen atoms in total. The number of nitrogens with zero attached hydrogens (tertiary/aromatic N) is 1. The van der Waals surface area contributed by atoms with Crippen molar-refractivity contribution in [1.29, 1.82) is 0 Å². The number of rotatable bonds is 6. The van der Waals surface area contributed by atoms with Gasteiger partial charge in [-0.25, -0.2) is 0 Å². The fourth-order valence-electron chi connectivity index (χ4n) is 2.48. The molecule has 0 aliphatic carbocycles. The van der Waals surface area contributed by atoms with Crippen molar-refractivity contribution < 1.29 is 0 Å². The zero-order valence-corrected chi connectivity index (χ0v) is 12.1. The summed E-state index contributed by atoms with van der Waals surface area (Å²) in [6, 6.07) is 25.4. The Labute approximate surface area is 126 Å². The van der Waals surface area contributed by atoms with Gasteiger partial charge in [-0.05, 0) is 23.3 Å². The summed E-state index contributed by atoms with van der Waals surface area (Å²) in [5.74, 6) is 0. The quantitative estimate of drug-likeness (QED) is 0.724. The lowest BCUT2D eigenvalue weighted by Gasteiger charge is -2.10. The molecule has 1 heterocycles. The minimum absolute atomic E-state index is 0.884. The van der Waals surface area contributed by atoms with Crippen LogP contribution < -0.4 is 5.32 Å². The summed E-state index contributed by atoms with van der Waals surface area (Å²) in [6.45, 7) is 2.71. The molecule has 0 atom stereocenters. The molecule has 0 unspecified atom stereocenters. The second kappa shape index (κ2) is 6.91. The minimum Gasteiger partial charge on any atom is -0.346 e. The van der Waals surface area contributed by atoms with Crippen LogP contribution in [0.25, 0.3) is 0 Å². The highest BCUT2D eigenvalue weighted by molar-refractivity contribution is 5.18. The van der Waals surface area contributed by atoms with Crippen molar-refractivity contribution >= 4 is 0 Å². The van der Waals surface area contributed by atoms with Gasteiger partial charge in [-0.3, -0.25) is 0 Å². The fourth-order valence-corrected chi connectivity index (χ4v) is 2.48. The summed E-state index contributed by atoms with van der Waals surface area (Å²) in [4.78, 5) is 0. The Morgan fingerprint density at radius 2 is 1.33 bits per heavy atom. The molecule has 21 heavy (non-hydrogen) atoms. The summed E-state index contributed by atoms with van der Waals surface area (Å²) in [7, 11) is 0. The Bertz CT molecular complexity index is 656. The normalized spacial score (nSPS) is 10.7. The average Bonchev–Trinajstić information content (AvgIpc) is 2.97. The lowest BCUT2D eigenvalue weighted by molar-refractivity contribution is 0.638. The van der Waals surface area contributed by atoms with Crippen LogP contribution in [-0.4, -0.2) is 4.57 Å². The molecule has 0 fully saturated rings. The maximum absolute atomic E-state index is 3.51. The smallest absolute Gasteiger partial charge is 0.0473 e. The summed E-state index contributed by atoms with van der Waals surface area (Å²) < 4.78 is 2.30. The van der Waals surface area contributed by atoms with E-state index in [0.717, 1.165) is 19.6 Å². The van der Waals surface area contributed by atoms with Gasteiger partial charge in [0.05, 0.1) is 0 Å². The van der Waals surface area contributed by atoms with Crippen LogP contribution in [0, 0.1) is 0 Å². The van der Waals surface area contributed by atoms with Crippen LogP contribution in [0.5, 0.6) is 0 Å². The Morgan fingerprint density at radius 3 is 2.05 bits per heavy atom. The lowest BCUT2D eigenvalue weighted by atomic mass is 10.2. The lowest BCUT2D eigenvalue weighted by Crippen LogP contribution is -2.16. The largest absolute Gasteiger partial charge is 0.346 e. The molecule has 0 aliphatic rings. The van der Waals surface area contributed by atoms with Crippen LogP contribution in [0.3, 0.4) is 0 Å². The first kappa shape index (κ1) is 13.7. The van der Waals surface area contributed by atoms with E-state index in [0.29, 0.717) is 0 Å². The topological polar surface area (TPSA) is 17.0 Å². The van der Waals surface area contributed by atoms with E-state index in [1.807, 2.05) is 0 Å². The molecule has 0 saturated carbocycles. The van der Waals surface area contributed by atoms with E-state index < -0.39 is 0 Å². The highest BCUT2D eigenvalue weighted by Crippen LogP contribution is 2.08. The predicted molar refractivity (Wildman–Crippen MR) is 87.0 cm³/mol. The van der Waals surface area contributed by atoms with Crippen LogP contribution in [0.15, 0.2) is 79.0 Å². The van der Waals surface area contributed by atoms with Gasteiger partial charge in [0.1, 0.15) is 0 Å². The second-order valence-electron chi connectivity index (χ2n) is 5.20. The molecule has 2 aromatic carbocycles. The predicted octanol–water partition coefficient (Wildman–Crippen LogP) is 3.83. The van der Waals surface area contributed by atoms with Crippen LogP contribution >= 0.6 is 0 Å². The van der Waals surface area contributed by atoms with E-state index in [9.17, 15) is 0 Å². The van der Waals surface area contributed by atoms with Crippen molar-refractivity contribution in [3.05, 3.63) is 95.8 Å². The molecule has 2 heteroatoms. The van der Waals surface area contributed by atoms with E-state index in [1.165, 1.54) is 16.8 Å². The van der Waals surface area contributed by atoms with Crippen molar-refractivity contribution in [3.8, 4) is 0 Å². The number of nitrogens with one attached hydrogen (secondary N) is 1. The van der Waals surface area contributed by atoms with Crippen LogP contribution in [-0.2, 0) is 19.6 Å². The van der Waals surface area contributed by atoms with Gasteiger partial charge in [0.2, 0.25) is 0 Å². The number of hydrogen-bond donors (Lipinski definition) is 1. The average molecular weight is 276 g/mol. The number of hydrogen-bond acceptors (Lipinski definition) is 1. The second-order valence-corrected chi connectivity index (χ2v) is 5.20. The highest BCUT2D eigenvalue weighted by atomic mass is 15.0. The van der Waals surface area contributed by atoms with E-state index in [2.05, 4.69) is 88.9 Å². The van der Waals surface area contributed by atoms with Gasteiger partial charge >= 0.3 is 0 Å². The minimum atomic E-state index is 0.884. The Morgan fingerprint density at radius 1 is 0.667 bits per heavy atom. The highest BCUT2D eigenvalue weighted by Gasteiger charge is 2.01. The summed E-state index contributed by atoms with van der Waals surface area (Å²) in [5.41, 5.74) is 3.96. The molecule has 0 radical (unpaired) electrons. The van der Waals surface area contributed by atoms with Crippen LogP contribution in [0.1, 0.15) is 16.8 Å². The Hall–Kier alpha value is -2.32. The monoisotopic (exact) mass is 276 g/mol. The zero-order valence-electron chi connectivity index (χ0n) is 12.1. The molecule has 0 bridgehead atoms. The third kappa shape index (κ3) is 3.83. The van der Waals surface area contributed by atoms with Gasteiger partial charge in [-0.2, -0.15) is 0 Å². The molecule has 1 N–H and O–H groups in total. The molecule has 0 amide bonds. The third-order valence-electron chi connectivity index (χ3n) is 3.60. The van der Waals surface area contributed by atoms with E-state index in [-0.39, 0.29) is 0 Å². The van der Waals surface area contributed by atoms with Crippen LogP contribution in [0.2, 0.25) is 0 Å². The molecule has 3 rings (SSSR count). The van der Waals surface area contributed by atoms with Crippen molar-refractivity contribution in [2.45, 2.75) is 19.6 Å². The molecule has 106 valence electrons. The van der Waals surface area contributed by atoms with E-state index in [4.69, 9.17) is 0 Å². The summed E-state index contributed by atoms with van der Waals surface area (Å²) in [5, 5.41) is 3.51. The van der Waals surface area contributed by atoms with Gasteiger partial charge in [-0.1, -0.05) is 60.7 Å². The maximum atomic E-state index is 3.51. The SMILES string of the molecule is c1ccc(CNCc2cccn2Cc2ccccc2)cc1. The molecule has 0 spiro atoms. The third-order valence-corrected chi connectivity index (χ3v) is 3.60. The van der Waals surface area contributed by atoms with Gasteiger partial charge < -0.3 is 9.88 Å². The van der Waals surface area contributed by atoms with Crippen LogP contribution in [0.4, 0.5) is 0 Å². The van der Waals surface area contributed by atoms with Crippen molar-refractivity contribution in [3.63, 3.8) is 0 Å².